The Labute approximate surface area is 217 Å². The van der Waals surface area contributed by atoms with Gasteiger partial charge in [0.15, 0.2) is 17.0 Å². The number of imidazole rings is 1. The quantitative estimate of drug-likeness (QED) is 0.217. The number of ether oxygens (including phenoxy) is 1. The lowest BCUT2D eigenvalue weighted by atomic mass is 10.3. The number of aromatic nitrogens is 4. The van der Waals surface area contributed by atoms with Crippen molar-refractivity contribution < 1.29 is 14.2 Å². The molecule has 0 spiro atoms. The standard InChI is InChI=1S/C29H21FN6O2/c30-19-6-4-8-22(16-19)36-28-26(27(31-18-32-28)33-21-7-5-9-23(37)17-21)35-29(36)34-20-12-14-25(15-13-20)38-24-10-2-1-3-11-24/h1-18,37H,(H,34,35)(H,31,32,33). The predicted octanol–water partition coefficient (Wildman–Crippen LogP) is 6.94. The van der Waals surface area contributed by atoms with Crippen molar-refractivity contribution in [2.45, 2.75) is 0 Å². The molecule has 4 aromatic carbocycles. The molecule has 0 atom stereocenters. The van der Waals surface area contributed by atoms with E-state index in [1.807, 2.05) is 54.6 Å². The molecular formula is C29H21FN6O2. The summed E-state index contributed by atoms with van der Waals surface area (Å²) in [5.41, 5.74) is 2.86. The lowest BCUT2D eigenvalue weighted by Gasteiger charge is -2.11. The van der Waals surface area contributed by atoms with Crippen LogP contribution in [0.2, 0.25) is 0 Å². The smallest absolute Gasteiger partial charge is 0.214 e. The number of nitrogens with zero attached hydrogens (tertiary/aromatic N) is 4. The van der Waals surface area contributed by atoms with Crippen LogP contribution in [-0.2, 0) is 0 Å². The van der Waals surface area contributed by atoms with Crippen molar-refractivity contribution in [3.63, 3.8) is 0 Å². The molecule has 0 fully saturated rings. The Morgan fingerprint density at radius 2 is 1.53 bits per heavy atom. The van der Waals surface area contributed by atoms with Crippen molar-refractivity contribution in [3.05, 3.63) is 115 Å². The first-order chi connectivity index (χ1) is 18.6. The number of hydrogen-bond acceptors (Lipinski definition) is 7. The maximum atomic E-state index is 14.2. The van der Waals surface area contributed by atoms with E-state index in [-0.39, 0.29) is 11.6 Å². The second-order valence-corrected chi connectivity index (χ2v) is 8.39. The van der Waals surface area contributed by atoms with Crippen LogP contribution in [0, 0.1) is 5.82 Å². The fraction of sp³-hybridized carbons (Fsp3) is 0. The number of hydrogen-bond donors (Lipinski definition) is 3. The van der Waals surface area contributed by atoms with Gasteiger partial charge in [0.25, 0.3) is 0 Å². The zero-order valence-corrected chi connectivity index (χ0v) is 19.9. The molecule has 6 aromatic rings. The van der Waals surface area contributed by atoms with Gasteiger partial charge in [-0.05, 0) is 66.7 Å². The minimum absolute atomic E-state index is 0.118. The highest BCUT2D eigenvalue weighted by atomic mass is 19.1. The monoisotopic (exact) mass is 504 g/mol. The van der Waals surface area contributed by atoms with Crippen LogP contribution in [0.5, 0.6) is 17.2 Å². The Morgan fingerprint density at radius 1 is 0.737 bits per heavy atom. The summed E-state index contributed by atoms with van der Waals surface area (Å²) in [5.74, 6) is 2.01. The number of aromatic hydroxyl groups is 1. The highest BCUT2D eigenvalue weighted by molar-refractivity contribution is 5.89. The van der Waals surface area contributed by atoms with E-state index in [0.29, 0.717) is 40.1 Å². The van der Waals surface area contributed by atoms with Crippen molar-refractivity contribution in [2.75, 3.05) is 10.6 Å². The van der Waals surface area contributed by atoms with Gasteiger partial charge in [0.05, 0.1) is 5.69 Å². The number of benzene rings is 4. The third-order valence-electron chi connectivity index (χ3n) is 5.71. The highest BCUT2D eigenvalue weighted by Gasteiger charge is 2.18. The number of rotatable bonds is 7. The lowest BCUT2D eigenvalue weighted by molar-refractivity contribution is 0.475. The molecule has 3 N–H and O–H groups in total. The topological polar surface area (TPSA) is 97.1 Å². The SMILES string of the molecule is Oc1cccc(Nc2ncnc3c2nc(Nc2ccc(Oc4ccccc4)cc2)n3-c2cccc(F)c2)c1. The molecule has 0 unspecified atom stereocenters. The number of para-hydroxylation sites is 1. The summed E-state index contributed by atoms with van der Waals surface area (Å²) in [6, 6.07) is 29.8. The third-order valence-corrected chi connectivity index (χ3v) is 5.71. The van der Waals surface area contributed by atoms with Gasteiger partial charge in [-0.15, -0.1) is 0 Å². The Morgan fingerprint density at radius 3 is 2.32 bits per heavy atom. The fourth-order valence-corrected chi connectivity index (χ4v) is 4.01. The third kappa shape index (κ3) is 4.80. The molecule has 0 aliphatic heterocycles. The van der Waals surface area contributed by atoms with Gasteiger partial charge >= 0.3 is 0 Å². The average Bonchev–Trinajstić information content (AvgIpc) is 3.29. The minimum Gasteiger partial charge on any atom is -0.508 e. The summed E-state index contributed by atoms with van der Waals surface area (Å²) >= 11 is 0. The Bertz CT molecular complexity index is 1720. The minimum atomic E-state index is -0.384. The van der Waals surface area contributed by atoms with Gasteiger partial charge in [0.1, 0.15) is 29.4 Å². The molecule has 8 nitrogen and oxygen atoms in total. The first-order valence-electron chi connectivity index (χ1n) is 11.8. The summed E-state index contributed by atoms with van der Waals surface area (Å²) < 4.78 is 21.8. The maximum absolute atomic E-state index is 14.2. The van der Waals surface area contributed by atoms with Gasteiger partial charge in [-0.2, -0.15) is 0 Å². The van der Waals surface area contributed by atoms with Crippen molar-refractivity contribution >= 4 is 34.3 Å². The number of phenols is 1. The first-order valence-corrected chi connectivity index (χ1v) is 11.8. The average molecular weight is 505 g/mol. The van der Waals surface area contributed by atoms with Crippen LogP contribution in [0.3, 0.4) is 0 Å². The predicted molar refractivity (Wildman–Crippen MR) is 144 cm³/mol. The largest absolute Gasteiger partial charge is 0.508 e. The molecule has 186 valence electrons. The first kappa shape index (κ1) is 23.0. The number of phenolic OH excluding ortho intramolecular Hbond substituents is 1. The molecule has 0 aliphatic rings. The second-order valence-electron chi connectivity index (χ2n) is 8.39. The molecule has 9 heteroatoms. The van der Waals surface area contributed by atoms with E-state index in [1.54, 1.807) is 41.0 Å². The van der Waals surface area contributed by atoms with Crippen molar-refractivity contribution in [2.24, 2.45) is 0 Å². The van der Waals surface area contributed by atoms with Crippen LogP contribution < -0.4 is 15.4 Å². The van der Waals surface area contributed by atoms with Gasteiger partial charge in [0.2, 0.25) is 5.95 Å². The van der Waals surface area contributed by atoms with E-state index in [1.165, 1.54) is 18.5 Å². The molecule has 0 bridgehead atoms. The van der Waals surface area contributed by atoms with Crippen LogP contribution in [-0.4, -0.2) is 24.6 Å². The maximum Gasteiger partial charge on any atom is 0.214 e. The van der Waals surface area contributed by atoms with Gasteiger partial charge in [0, 0.05) is 17.4 Å². The number of nitrogens with one attached hydrogen (secondary N) is 2. The normalized spacial score (nSPS) is 10.9. The lowest BCUT2D eigenvalue weighted by Crippen LogP contribution is -2.03. The Kier molecular flexibility index (Phi) is 5.99. The molecular weight excluding hydrogens is 483 g/mol. The molecule has 2 aromatic heterocycles. The molecule has 0 saturated carbocycles. The summed E-state index contributed by atoms with van der Waals surface area (Å²) in [5, 5.41) is 16.3. The second kappa shape index (κ2) is 9.90. The summed E-state index contributed by atoms with van der Waals surface area (Å²) in [7, 11) is 0. The molecule has 2 heterocycles. The van der Waals surface area contributed by atoms with E-state index < -0.39 is 0 Å². The summed E-state index contributed by atoms with van der Waals surface area (Å²) in [6.07, 6.45) is 1.41. The van der Waals surface area contributed by atoms with E-state index >= 15 is 0 Å². The van der Waals surface area contributed by atoms with Crippen molar-refractivity contribution in [1.29, 1.82) is 0 Å². The van der Waals surface area contributed by atoms with Gasteiger partial charge in [-0.25, -0.2) is 19.3 Å². The summed E-state index contributed by atoms with van der Waals surface area (Å²) in [4.78, 5) is 13.6. The Hall–Kier alpha value is -5.44. The van der Waals surface area contributed by atoms with Crippen LogP contribution in [0.4, 0.5) is 27.5 Å². The van der Waals surface area contributed by atoms with Crippen LogP contribution >= 0.6 is 0 Å². The summed E-state index contributed by atoms with van der Waals surface area (Å²) in [6.45, 7) is 0. The van der Waals surface area contributed by atoms with E-state index in [2.05, 4.69) is 20.6 Å². The van der Waals surface area contributed by atoms with Gasteiger partial charge < -0.3 is 20.5 Å². The molecule has 0 saturated heterocycles. The molecule has 0 amide bonds. The zero-order valence-electron chi connectivity index (χ0n) is 19.9. The Balaban J connectivity index is 1.38. The van der Waals surface area contributed by atoms with Crippen molar-refractivity contribution in [1.82, 2.24) is 19.5 Å². The molecule has 38 heavy (non-hydrogen) atoms. The number of fused-ring (bicyclic) bond motifs is 1. The van der Waals surface area contributed by atoms with Gasteiger partial charge in [-0.3, -0.25) is 4.57 Å². The highest BCUT2D eigenvalue weighted by Crippen LogP contribution is 2.31. The molecule has 0 aliphatic carbocycles. The van der Waals surface area contributed by atoms with Gasteiger partial charge in [-0.1, -0.05) is 30.3 Å². The van der Waals surface area contributed by atoms with E-state index in [9.17, 15) is 9.50 Å². The zero-order chi connectivity index (χ0) is 25.9. The van der Waals surface area contributed by atoms with Crippen LogP contribution in [0.15, 0.2) is 109 Å². The molecule has 6 rings (SSSR count). The molecule has 0 radical (unpaired) electrons. The van der Waals surface area contributed by atoms with Crippen molar-refractivity contribution in [3.8, 4) is 22.9 Å². The van der Waals surface area contributed by atoms with Crippen LogP contribution in [0.1, 0.15) is 0 Å². The van der Waals surface area contributed by atoms with Crippen LogP contribution in [0.25, 0.3) is 16.9 Å². The van der Waals surface area contributed by atoms with E-state index in [0.717, 1.165) is 11.4 Å². The number of halogens is 1. The van der Waals surface area contributed by atoms with E-state index in [4.69, 9.17) is 9.72 Å². The number of anilines is 4. The fourth-order valence-electron chi connectivity index (χ4n) is 4.01.